The van der Waals surface area contributed by atoms with Gasteiger partial charge in [-0.25, -0.2) is 8.78 Å². The molecule has 3 nitrogen and oxygen atoms in total. The number of aryl methyl sites for hydroxylation is 1. The second kappa shape index (κ2) is 6.65. The summed E-state index contributed by atoms with van der Waals surface area (Å²) < 4.78 is 27.1. The molecule has 0 bridgehead atoms. The summed E-state index contributed by atoms with van der Waals surface area (Å²) in [5, 5.41) is 5.48. The number of thiocarbonyl (C=S) groups is 1. The average Bonchev–Trinajstić information content (AvgIpc) is 2.94. The minimum absolute atomic E-state index is 0.144. The van der Waals surface area contributed by atoms with Crippen LogP contribution in [0.3, 0.4) is 0 Å². The summed E-state index contributed by atoms with van der Waals surface area (Å²) in [5.41, 5.74) is 1.92. The zero-order valence-corrected chi connectivity index (χ0v) is 13.8. The number of carbonyl (C=O) groups is 1. The minimum atomic E-state index is -1.07. The van der Waals surface area contributed by atoms with E-state index in [4.69, 9.17) is 12.2 Å². The van der Waals surface area contributed by atoms with Crippen molar-refractivity contribution in [2.75, 3.05) is 11.9 Å². The lowest BCUT2D eigenvalue weighted by molar-refractivity contribution is -0.118. The molecule has 2 N–H and O–H groups in total. The summed E-state index contributed by atoms with van der Waals surface area (Å²) in [5.74, 6) is -3.29. The molecule has 1 saturated heterocycles. The first-order valence-corrected chi connectivity index (χ1v) is 7.97. The van der Waals surface area contributed by atoms with Crippen molar-refractivity contribution < 1.29 is 13.6 Å². The molecule has 0 aromatic heterocycles. The van der Waals surface area contributed by atoms with E-state index in [1.54, 1.807) is 0 Å². The number of carbonyl (C=O) groups excluding carboxylic acids is 1. The van der Waals surface area contributed by atoms with Crippen molar-refractivity contribution in [3.05, 3.63) is 65.2 Å². The van der Waals surface area contributed by atoms with E-state index < -0.39 is 23.5 Å². The van der Waals surface area contributed by atoms with Gasteiger partial charge in [-0.15, -0.1) is 0 Å². The molecule has 0 unspecified atom stereocenters. The van der Waals surface area contributed by atoms with Crippen LogP contribution in [0.25, 0.3) is 0 Å². The molecule has 24 heavy (non-hydrogen) atoms. The van der Waals surface area contributed by atoms with Crippen LogP contribution in [0.5, 0.6) is 0 Å². The van der Waals surface area contributed by atoms with Gasteiger partial charge in [-0.1, -0.05) is 48.1 Å². The van der Waals surface area contributed by atoms with Gasteiger partial charge in [0.05, 0.1) is 16.6 Å². The van der Waals surface area contributed by atoms with Gasteiger partial charge in [-0.2, -0.15) is 0 Å². The smallest absolute Gasteiger partial charge is 0.235 e. The van der Waals surface area contributed by atoms with E-state index in [0.717, 1.165) is 17.2 Å². The van der Waals surface area contributed by atoms with Crippen LogP contribution in [0.15, 0.2) is 42.5 Å². The number of halogens is 2. The summed E-state index contributed by atoms with van der Waals surface area (Å²) in [6.07, 6.45) is 0. The molecule has 0 saturated carbocycles. The Labute approximate surface area is 144 Å². The molecule has 1 aliphatic heterocycles. The molecule has 1 amide bonds. The normalized spacial score (nSPS) is 19.9. The van der Waals surface area contributed by atoms with E-state index in [1.165, 1.54) is 12.1 Å². The van der Waals surface area contributed by atoms with Crippen LogP contribution in [0.1, 0.15) is 17.0 Å². The SMILES string of the molecule is Cc1ccc([C@H]2CNC(=S)[C@@H]2C(=O)Nc2cccc(F)c2F)cc1. The second-order valence-corrected chi connectivity index (χ2v) is 6.27. The Morgan fingerprint density at radius 3 is 2.62 bits per heavy atom. The monoisotopic (exact) mass is 346 g/mol. The van der Waals surface area contributed by atoms with Crippen molar-refractivity contribution in [2.45, 2.75) is 12.8 Å². The fourth-order valence-corrected chi connectivity index (χ4v) is 3.21. The number of hydrogen-bond donors (Lipinski definition) is 2. The number of hydrogen-bond acceptors (Lipinski definition) is 2. The van der Waals surface area contributed by atoms with E-state index in [0.29, 0.717) is 11.5 Å². The summed E-state index contributed by atoms with van der Waals surface area (Å²) in [6, 6.07) is 11.5. The van der Waals surface area contributed by atoms with Crippen molar-refractivity contribution in [2.24, 2.45) is 5.92 Å². The van der Waals surface area contributed by atoms with Gasteiger partial charge in [0.15, 0.2) is 11.6 Å². The number of anilines is 1. The summed E-state index contributed by atoms with van der Waals surface area (Å²) in [6.45, 7) is 2.52. The standard InChI is InChI=1S/C18H16F2N2OS/c1-10-5-7-11(8-6-10)12-9-21-18(24)15(12)17(23)22-14-4-2-3-13(19)16(14)20/h2-8,12,15H,9H2,1H3,(H,21,24)(H,22,23)/t12-,15+/m1/s1. The van der Waals surface area contributed by atoms with Gasteiger partial charge in [-0.3, -0.25) is 4.79 Å². The topological polar surface area (TPSA) is 41.1 Å². The first-order valence-electron chi connectivity index (χ1n) is 7.56. The van der Waals surface area contributed by atoms with Gasteiger partial charge in [0.2, 0.25) is 5.91 Å². The predicted molar refractivity (Wildman–Crippen MR) is 93.0 cm³/mol. The van der Waals surface area contributed by atoms with E-state index >= 15 is 0 Å². The van der Waals surface area contributed by atoms with Crippen molar-refractivity contribution in [1.29, 1.82) is 0 Å². The first kappa shape index (κ1) is 16.5. The molecule has 2 atom stereocenters. The number of rotatable bonds is 3. The third kappa shape index (κ3) is 3.14. The van der Waals surface area contributed by atoms with Crippen LogP contribution in [-0.4, -0.2) is 17.4 Å². The zero-order valence-electron chi connectivity index (χ0n) is 13.0. The van der Waals surface area contributed by atoms with Gasteiger partial charge >= 0.3 is 0 Å². The average molecular weight is 346 g/mol. The Bertz CT molecular complexity index is 792. The largest absolute Gasteiger partial charge is 0.378 e. The Morgan fingerprint density at radius 2 is 1.92 bits per heavy atom. The molecule has 1 aliphatic rings. The molecule has 124 valence electrons. The highest BCUT2D eigenvalue weighted by Crippen LogP contribution is 2.31. The molecule has 0 spiro atoms. The highest BCUT2D eigenvalue weighted by Gasteiger charge is 2.38. The first-order chi connectivity index (χ1) is 11.5. The van der Waals surface area contributed by atoms with E-state index in [-0.39, 0.29) is 11.6 Å². The Morgan fingerprint density at radius 1 is 1.21 bits per heavy atom. The van der Waals surface area contributed by atoms with E-state index in [2.05, 4.69) is 10.6 Å². The van der Waals surface area contributed by atoms with Crippen molar-refractivity contribution in [3.8, 4) is 0 Å². The van der Waals surface area contributed by atoms with Crippen LogP contribution in [0, 0.1) is 24.5 Å². The van der Waals surface area contributed by atoms with Gasteiger partial charge in [-0.05, 0) is 24.6 Å². The summed E-state index contributed by atoms with van der Waals surface area (Å²) >= 11 is 5.25. The van der Waals surface area contributed by atoms with Crippen LogP contribution in [0.4, 0.5) is 14.5 Å². The van der Waals surface area contributed by atoms with E-state index in [1.807, 2.05) is 31.2 Å². The molecular weight excluding hydrogens is 330 g/mol. The van der Waals surface area contributed by atoms with Gasteiger partial charge in [0.25, 0.3) is 0 Å². The molecule has 0 radical (unpaired) electrons. The zero-order chi connectivity index (χ0) is 17.3. The number of nitrogens with one attached hydrogen (secondary N) is 2. The van der Waals surface area contributed by atoms with Crippen LogP contribution < -0.4 is 10.6 Å². The quantitative estimate of drug-likeness (QED) is 0.835. The fraction of sp³-hybridized carbons (Fsp3) is 0.222. The Kier molecular flexibility index (Phi) is 4.57. The van der Waals surface area contributed by atoms with Crippen molar-refractivity contribution >= 4 is 28.8 Å². The maximum Gasteiger partial charge on any atom is 0.235 e. The molecule has 2 aromatic rings. The Hall–Kier alpha value is -2.34. The molecule has 0 aliphatic carbocycles. The molecule has 1 fully saturated rings. The summed E-state index contributed by atoms with van der Waals surface area (Å²) in [4.78, 5) is 13.0. The van der Waals surface area contributed by atoms with Gasteiger partial charge in [0, 0.05) is 12.5 Å². The molecule has 2 aromatic carbocycles. The lowest BCUT2D eigenvalue weighted by Crippen LogP contribution is -2.31. The second-order valence-electron chi connectivity index (χ2n) is 5.83. The molecule has 3 rings (SSSR count). The Balaban J connectivity index is 1.85. The van der Waals surface area contributed by atoms with Crippen LogP contribution >= 0.6 is 12.2 Å². The van der Waals surface area contributed by atoms with Crippen molar-refractivity contribution in [3.63, 3.8) is 0 Å². The third-order valence-corrected chi connectivity index (χ3v) is 4.58. The fourth-order valence-electron chi connectivity index (χ4n) is 2.86. The van der Waals surface area contributed by atoms with E-state index in [9.17, 15) is 13.6 Å². The summed E-state index contributed by atoms with van der Waals surface area (Å²) in [7, 11) is 0. The maximum atomic E-state index is 13.8. The lowest BCUT2D eigenvalue weighted by Gasteiger charge is -2.18. The van der Waals surface area contributed by atoms with Gasteiger partial charge in [0.1, 0.15) is 0 Å². The lowest BCUT2D eigenvalue weighted by atomic mass is 9.88. The molecular formula is C18H16F2N2OS. The van der Waals surface area contributed by atoms with Gasteiger partial charge < -0.3 is 10.6 Å². The molecule has 1 heterocycles. The van der Waals surface area contributed by atoms with Crippen molar-refractivity contribution in [1.82, 2.24) is 5.32 Å². The van der Waals surface area contributed by atoms with Crippen LogP contribution in [-0.2, 0) is 4.79 Å². The third-order valence-electron chi connectivity index (χ3n) is 4.18. The maximum absolute atomic E-state index is 13.8. The molecule has 6 heteroatoms. The highest BCUT2D eigenvalue weighted by molar-refractivity contribution is 7.80. The number of amides is 1. The minimum Gasteiger partial charge on any atom is -0.378 e. The highest BCUT2D eigenvalue weighted by atomic mass is 32.1. The van der Waals surface area contributed by atoms with Crippen LogP contribution in [0.2, 0.25) is 0 Å². The number of benzene rings is 2. The predicted octanol–water partition coefficient (Wildman–Crippen LogP) is 3.54.